The molecule has 3 heterocycles. The number of hydroxylamine groups is 1. The predicted octanol–water partition coefficient (Wildman–Crippen LogP) is 4.90. The molecule has 0 aliphatic heterocycles. The van der Waals surface area contributed by atoms with Gasteiger partial charge in [-0.3, -0.25) is 24.8 Å². The van der Waals surface area contributed by atoms with E-state index in [1.807, 2.05) is 30.3 Å². The van der Waals surface area contributed by atoms with Gasteiger partial charge in [0.05, 0.1) is 41.1 Å². The van der Waals surface area contributed by atoms with E-state index in [0.29, 0.717) is 23.5 Å². The van der Waals surface area contributed by atoms with Crippen LogP contribution in [-0.2, 0) is 27.4 Å². The van der Waals surface area contributed by atoms with Gasteiger partial charge in [-0.25, -0.2) is 10.5 Å². The number of aromatic nitrogens is 4. The highest BCUT2D eigenvalue weighted by Gasteiger charge is 2.47. The summed E-state index contributed by atoms with van der Waals surface area (Å²) in [7, 11) is 0. The van der Waals surface area contributed by atoms with Crippen LogP contribution in [0.15, 0.2) is 85.3 Å². The number of ether oxygens (including phenoxy) is 1. The number of carbonyl (C=O) groups excluding carboxylic acids is 2. The number of imidazole rings is 1. The number of pyridine rings is 2. The highest BCUT2D eigenvalue weighted by Crippen LogP contribution is 2.36. The van der Waals surface area contributed by atoms with E-state index >= 15 is 0 Å². The second-order valence-corrected chi connectivity index (χ2v) is 10.7. The number of nitrogens with one attached hydrogen (secondary N) is 2. The summed E-state index contributed by atoms with van der Waals surface area (Å²) in [6.45, 7) is 5.30. The molecule has 5 aromatic rings. The fourth-order valence-corrected chi connectivity index (χ4v) is 5.44. The van der Waals surface area contributed by atoms with E-state index in [2.05, 4.69) is 33.2 Å². The van der Waals surface area contributed by atoms with Crippen LogP contribution in [0.4, 0.5) is 0 Å². The molecule has 42 heavy (non-hydrogen) atoms. The van der Waals surface area contributed by atoms with Crippen LogP contribution in [0.1, 0.15) is 50.3 Å². The number of rotatable bonds is 11. The Morgan fingerprint density at radius 1 is 1.05 bits per heavy atom. The number of carbonyl (C=O) groups is 2. The van der Waals surface area contributed by atoms with Crippen molar-refractivity contribution in [3.05, 3.63) is 102 Å². The molecule has 0 aliphatic carbocycles. The number of H-pyrrole nitrogens is 1. The third-order valence-electron chi connectivity index (χ3n) is 7.48. The molecular weight excluding hydrogens is 532 g/mol. The normalized spacial score (nSPS) is 13.1. The molecular formula is C32H34N6O4. The molecule has 10 heteroatoms. The second-order valence-electron chi connectivity index (χ2n) is 10.7. The zero-order valence-corrected chi connectivity index (χ0v) is 23.8. The van der Waals surface area contributed by atoms with E-state index in [4.69, 9.17) is 9.72 Å². The molecule has 0 saturated carbocycles. The summed E-state index contributed by atoms with van der Waals surface area (Å²) in [5.41, 5.74) is 3.52. The molecule has 0 aliphatic rings. The number of hydrogen-bond acceptors (Lipinski definition) is 7. The predicted molar refractivity (Wildman–Crippen MR) is 158 cm³/mol. The average molecular weight is 567 g/mol. The first-order chi connectivity index (χ1) is 20.3. The van der Waals surface area contributed by atoms with E-state index in [1.165, 1.54) is 0 Å². The first-order valence-corrected chi connectivity index (χ1v) is 13.9. The fraction of sp³-hybridized carbons (Fsp3) is 0.281. The van der Waals surface area contributed by atoms with Gasteiger partial charge in [0.15, 0.2) is 6.10 Å². The Morgan fingerprint density at radius 2 is 1.83 bits per heavy atom. The Labute approximate surface area is 243 Å². The van der Waals surface area contributed by atoms with Crippen LogP contribution in [0.5, 0.6) is 0 Å². The van der Waals surface area contributed by atoms with E-state index < -0.39 is 23.6 Å². The minimum Gasteiger partial charge on any atom is -0.360 e. The summed E-state index contributed by atoms with van der Waals surface area (Å²) in [5, 5.41) is 11.9. The molecule has 10 nitrogen and oxygen atoms in total. The molecule has 2 atom stereocenters. The van der Waals surface area contributed by atoms with E-state index in [0.717, 1.165) is 21.9 Å². The first kappa shape index (κ1) is 28.8. The standard InChI is InChI=1S/C32H34N6O4/c1-4-28(39)38(32(2,3)29(31(40)37-41)42-20-24-11-7-8-15-34-24)27(30-35-25-14-16-33-19-26(25)36-30)18-21-12-13-22-9-5-6-10-23(22)17-21/h5-17,19,27,29,41H,4,18,20H2,1-3H3,(H,35,36)(H,37,40)/t27?,29-/m1/s1. The molecule has 2 aromatic carbocycles. The van der Waals surface area contributed by atoms with Gasteiger partial charge >= 0.3 is 0 Å². The molecule has 0 bridgehead atoms. The Morgan fingerprint density at radius 3 is 2.55 bits per heavy atom. The lowest BCUT2D eigenvalue weighted by atomic mass is 9.89. The van der Waals surface area contributed by atoms with Gasteiger partial charge in [-0.05, 0) is 48.4 Å². The molecule has 0 radical (unpaired) electrons. The van der Waals surface area contributed by atoms with Crippen molar-refractivity contribution in [1.29, 1.82) is 0 Å². The van der Waals surface area contributed by atoms with Gasteiger partial charge in [-0.1, -0.05) is 55.5 Å². The number of nitrogens with zero attached hydrogens (tertiary/aromatic N) is 4. The van der Waals surface area contributed by atoms with Crippen LogP contribution < -0.4 is 5.48 Å². The third-order valence-corrected chi connectivity index (χ3v) is 7.48. The summed E-state index contributed by atoms with van der Waals surface area (Å²) in [4.78, 5) is 45.4. The molecule has 0 fully saturated rings. The number of hydrogen-bond donors (Lipinski definition) is 3. The van der Waals surface area contributed by atoms with E-state index in [-0.39, 0.29) is 18.9 Å². The molecule has 0 saturated heterocycles. The van der Waals surface area contributed by atoms with Gasteiger partial charge in [-0.15, -0.1) is 0 Å². The Bertz CT molecular complexity index is 1650. The zero-order valence-electron chi connectivity index (χ0n) is 23.8. The lowest BCUT2D eigenvalue weighted by Crippen LogP contribution is -2.61. The lowest BCUT2D eigenvalue weighted by molar-refractivity contribution is -0.163. The number of benzene rings is 2. The van der Waals surface area contributed by atoms with Crippen molar-refractivity contribution < 1.29 is 19.5 Å². The summed E-state index contributed by atoms with van der Waals surface area (Å²) < 4.78 is 6.11. The number of fused-ring (bicyclic) bond motifs is 2. The maximum absolute atomic E-state index is 13.9. The molecule has 3 aromatic heterocycles. The Kier molecular flexibility index (Phi) is 8.56. The average Bonchev–Trinajstić information content (AvgIpc) is 3.45. The summed E-state index contributed by atoms with van der Waals surface area (Å²) in [5.74, 6) is -0.432. The molecule has 1 unspecified atom stereocenters. The van der Waals surface area contributed by atoms with Crippen LogP contribution >= 0.6 is 0 Å². The van der Waals surface area contributed by atoms with Crippen molar-refractivity contribution in [2.24, 2.45) is 0 Å². The first-order valence-electron chi connectivity index (χ1n) is 13.9. The van der Waals surface area contributed by atoms with Gasteiger partial charge in [0.25, 0.3) is 5.91 Å². The van der Waals surface area contributed by atoms with Gasteiger partial charge in [0.2, 0.25) is 5.91 Å². The lowest BCUT2D eigenvalue weighted by Gasteiger charge is -2.46. The van der Waals surface area contributed by atoms with Crippen LogP contribution in [0, 0.1) is 0 Å². The monoisotopic (exact) mass is 566 g/mol. The van der Waals surface area contributed by atoms with Crippen molar-refractivity contribution in [1.82, 2.24) is 30.3 Å². The molecule has 0 spiro atoms. The number of aromatic amines is 1. The third kappa shape index (κ3) is 6.00. The Hall–Kier alpha value is -4.67. The smallest absolute Gasteiger partial charge is 0.274 e. The van der Waals surface area contributed by atoms with Crippen molar-refractivity contribution in [3.63, 3.8) is 0 Å². The summed E-state index contributed by atoms with van der Waals surface area (Å²) in [6, 6.07) is 20.8. The van der Waals surface area contributed by atoms with Crippen molar-refractivity contribution >= 4 is 33.6 Å². The molecule has 5 rings (SSSR count). The van der Waals surface area contributed by atoms with Crippen molar-refractivity contribution in [3.8, 4) is 0 Å². The van der Waals surface area contributed by atoms with Gasteiger partial charge in [0, 0.05) is 25.2 Å². The minimum absolute atomic E-state index is 0.00214. The molecule has 2 amide bonds. The highest BCUT2D eigenvalue weighted by molar-refractivity contribution is 5.85. The summed E-state index contributed by atoms with van der Waals surface area (Å²) in [6.07, 6.45) is 4.32. The van der Waals surface area contributed by atoms with Gasteiger partial charge in [0.1, 0.15) is 5.82 Å². The van der Waals surface area contributed by atoms with Crippen LogP contribution in [0.25, 0.3) is 21.8 Å². The SMILES string of the molecule is CCC(=O)N(C(Cc1ccc2ccccc2c1)c1nc2ccncc2[nH]1)C(C)(C)[C@H](OCc1ccccn1)C(=O)NO. The van der Waals surface area contributed by atoms with E-state index in [1.54, 1.807) is 67.9 Å². The minimum atomic E-state index is -1.25. The topological polar surface area (TPSA) is 133 Å². The van der Waals surface area contributed by atoms with E-state index in [9.17, 15) is 14.8 Å². The zero-order chi connectivity index (χ0) is 29.7. The van der Waals surface area contributed by atoms with Gasteiger partial charge < -0.3 is 14.6 Å². The Balaban J connectivity index is 1.60. The molecule has 216 valence electrons. The van der Waals surface area contributed by atoms with Crippen LogP contribution in [-0.4, -0.2) is 53.5 Å². The maximum atomic E-state index is 13.9. The van der Waals surface area contributed by atoms with Crippen LogP contribution in [0.2, 0.25) is 0 Å². The van der Waals surface area contributed by atoms with Gasteiger partial charge in [-0.2, -0.15) is 0 Å². The summed E-state index contributed by atoms with van der Waals surface area (Å²) >= 11 is 0. The largest absolute Gasteiger partial charge is 0.360 e. The highest BCUT2D eigenvalue weighted by atomic mass is 16.5. The molecule has 3 N–H and O–H groups in total. The van der Waals surface area contributed by atoms with Crippen molar-refractivity contribution in [2.45, 2.75) is 57.9 Å². The van der Waals surface area contributed by atoms with Crippen molar-refractivity contribution in [2.75, 3.05) is 0 Å². The second kappa shape index (κ2) is 12.5. The number of amides is 2. The fourth-order valence-electron chi connectivity index (χ4n) is 5.44. The maximum Gasteiger partial charge on any atom is 0.274 e. The van der Waals surface area contributed by atoms with Crippen LogP contribution in [0.3, 0.4) is 0 Å². The quantitative estimate of drug-likeness (QED) is 0.153.